The van der Waals surface area contributed by atoms with Crippen molar-refractivity contribution < 1.29 is 14.6 Å². The molecule has 2 heterocycles. The molecular weight excluding hydrogens is 316 g/mol. The summed E-state index contributed by atoms with van der Waals surface area (Å²) in [6.07, 6.45) is 4.73. The number of fused-ring (bicyclic) bond motifs is 1. The Morgan fingerprint density at radius 1 is 1.28 bits per heavy atom. The lowest BCUT2D eigenvalue weighted by Crippen LogP contribution is -2.35. The van der Waals surface area contributed by atoms with Gasteiger partial charge >= 0.3 is 6.09 Å². The van der Waals surface area contributed by atoms with Crippen molar-refractivity contribution in [3.63, 3.8) is 0 Å². The second kappa shape index (κ2) is 6.84. The summed E-state index contributed by atoms with van der Waals surface area (Å²) in [6, 6.07) is 9.94. The smallest absolute Gasteiger partial charge is 0.410 e. The molecule has 1 aliphatic rings. The van der Waals surface area contributed by atoms with Crippen LogP contribution in [0.1, 0.15) is 26.3 Å². The number of carbonyl (C=O) groups excluding carboxylic acids is 1. The van der Waals surface area contributed by atoms with Crippen molar-refractivity contribution in [1.82, 2.24) is 9.88 Å². The molecule has 1 saturated heterocycles. The lowest BCUT2D eigenvalue weighted by Gasteiger charge is -2.24. The number of hydrogen-bond acceptors (Lipinski definition) is 4. The first-order chi connectivity index (χ1) is 11.8. The van der Waals surface area contributed by atoms with E-state index in [1.807, 2.05) is 63.3 Å². The standard InChI is InChI=1S/C20H24N2O3/c1-20(2,3)25-19(24)22-12-16(17(23)13-22)10-9-15-7-4-6-14-8-5-11-21-18(14)15/h4-11,16-17,23H,12-13H2,1-3H3/b10-9+/t16-,17-/m1/s1. The van der Waals surface area contributed by atoms with Crippen LogP contribution in [0.4, 0.5) is 4.79 Å². The summed E-state index contributed by atoms with van der Waals surface area (Å²) in [6.45, 7) is 6.25. The summed E-state index contributed by atoms with van der Waals surface area (Å²) in [5.74, 6) is -0.119. The van der Waals surface area contributed by atoms with Crippen molar-refractivity contribution in [2.24, 2.45) is 5.92 Å². The normalized spacial score (nSPS) is 21.2. The van der Waals surface area contributed by atoms with Crippen LogP contribution >= 0.6 is 0 Å². The number of pyridine rings is 1. The monoisotopic (exact) mass is 340 g/mol. The molecule has 2 atom stereocenters. The van der Waals surface area contributed by atoms with Crippen molar-refractivity contribution in [1.29, 1.82) is 0 Å². The highest BCUT2D eigenvalue weighted by atomic mass is 16.6. The van der Waals surface area contributed by atoms with Crippen LogP contribution in [-0.4, -0.2) is 45.9 Å². The fourth-order valence-corrected chi connectivity index (χ4v) is 2.97. The van der Waals surface area contributed by atoms with Crippen LogP contribution in [-0.2, 0) is 4.74 Å². The molecule has 0 saturated carbocycles. The Balaban J connectivity index is 1.72. The Labute approximate surface area is 147 Å². The van der Waals surface area contributed by atoms with Gasteiger partial charge in [-0.25, -0.2) is 4.79 Å². The number of benzene rings is 1. The van der Waals surface area contributed by atoms with Crippen LogP contribution in [0.15, 0.2) is 42.6 Å². The lowest BCUT2D eigenvalue weighted by atomic mass is 10.0. The van der Waals surface area contributed by atoms with Crippen molar-refractivity contribution >= 4 is 23.1 Å². The number of carbonyl (C=O) groups is 1. The van der Waals surface area contributed by atoms with E-state index in [1.165, 1.54) is 0 Å². The van der Waals surface area contributed by atoms with Gasteiger partial charge in [-0.2, -0.15) is 0 Å². The predicted molar refractivity (Wildman–Crippen MR) is 98.1 cm³/mol. The van der Waals surface area contributed by atoms with Gasteiger partial charge in [-0.1, -0.05) is 36.4 Å². The molecule has 0 spiro atoms. The zero-order valence-electron chi connectivity index (χ0n) is 14.8. The fourth-order valence-electron chi connectivity index (χ4n) is 2.97. The van der Waals surface area contributed by atoms with Gasteiger partial charge in [-0.3, -0.25) is 4.98 Å². The van der Waals surface area contributed by atoms with Crippen molar-refractivity contribution in [3.05, 3.63) is 48.2 Å². The Kier molecular flexibility index (Phi) is 4.77. The molecule has 1 aliphatic heterocycles. The van der Waals surface area contributed by atoms with E-state index >= 15 is 0 Å². The number of β-amino-alcohol motifs (C(OH)–C–C–N with tert-alkyl or cyclic N) is 1. The van der Waals surface area contributed by atoms with E-state index in [0.717, 1.165) is 16.5 Å². The summed E-state index contributed by atoms with van der Waals surface area (Å²) >= 11 is 0. The van der Waals surface area contributed by atoms with E-state index in [2.05, 4.69) is 4.98 Å². The SMILES string of the molecule is CC(C)(C)OC(=O)N1C[C@@H](O)[C@H](/C=C/c2cccc3cccnc23)C1. The fraction of sp³-hybridized carbons (Fsp3) is 0.400. The van der Waals surface area contributed by atoms with Gasteiger partial charge in [-0.05, 0) is 26.8 Å². The van der Waals surface area contributed by atoms with Crippen LogP contribution in [0.3, 0.4) is 0 Å². The number of para-hydroxylation sites is 1. The maximum Gasteiger partial charge on any atom is 0.410 e. The molecule has 0 radical (unpaired) electrons. The number of rotatable bonds is 2. The number of ether oxygens (including phenoxy) is 1. The predicted octanol–water partition coefficient (Wildman–Crippen LogP) is 3.48. The number of aromatic nitrogens is 1. The minimum Gasteiger partial charge on any atom is -0.444 e. The first kappa shape index (κ1) is 17.4. The number of hydrogen-bond donors (Lipinski definition) is 1. The molecule has 2 aromatic rings. The topological polar surface area (TPSA) is 62.7 Å². The average molecular weight is 340 g/mol. The number of likely N-dealkylation sites (tertiary alicyclic amines) is 1. The summed E-state index contributed by atoms with van der Waals surface area (Å²) in [7, 11) is 0. The second-order valence-corrected chi connectivity index (χ2v) is 7.40. The van der Waals surface area contributed by atoms with Crippen molar-refractivity contribution in [2.45, 2.75) is 32.5 Å². The van der Waals surface area contributed by atoms with Gasteiger partial charge in [0.2, 0.25) is 0 Å². The van der Waals surface area contributed by atoms with Gasteiger partial charge in [0.25, 0.3) is 0 Å². The Morgan fingerprint density at radius 3 is 2.80 bits per heavy atom. The number of aliphatic hydroxyl groups is 1. The van der Waals surface area contributed by atoms with Crippen LogP contribution < -0.4 is 0 Å². The van der Waals surface area contributed by atoms with Gasteiger partial charge < -0.3 is 14.7 Å². The largest absolute Gasteiger partial charge is 0.444 e. The van der Waals surface area contributed by atoms with E-state index in [-0.39, 0.29) is 18.6 Å². The average Bonchev–Trinajstić information content (AvgIpc) is 2.92. The van der Waals surface area contributed by atoms with Crippen LogP contribution in [0, 0.1) is 5.92 Å². The Hall–Kier alpha value is -2.40. The molecule has 5 nitrogen and oxygen atoms in total. The Bertz CT molecular complexity index is 790. The molecule has 5 heteroatoms. The van der Waals surface area contributed by atoms with E-state index in [1.54, 1.807) is 11.1 Å². The van der Waals surface area contributed by atoms with Crippen LogP contribution in [0.5, 0.6) is 0 Å². The number of nitrogens with zero attached hydrogens (tertiary/aromatic N) is 2. The maximum atomic E-state index is 12.2. The van der Waals surface area contributed by atoms with E-state index in [0.29, 0.717) is 6.54 Å². The second-order valence-electron chi connectivity index (χ2n) is 7.40. The third-order valence-electron chi connectivity index (χ3n) is 4.17. The molecule has 1 aromatic heterocycles. The van der Waals surface area contributed by atoms with Gasteiger partial charge in [0.1, 0.15) is 5.60 Å². The molecule has 1 fully saturated rings. The van der Waals surface area contributed by atoms with Crippen LogP contribution in [0.25, 0.3) is 17.0 Å². The first-order valence-electron chi connectivity index (χ1n) is 8.51. The van der Waals surface area contributed by atoms with Gasteiger partial charge in [-0.15, -0.1) is 0 Å². The van der Waals surface area contributed by atoms with Gasteiger partial charge in [0.15, 0.2) is 0 Å². The molecule has 1 amide bonds. The number of amides is 1. The summed E-state index contributed by atoms with van der Waals surface area (Å²) < 4.78 is 5.38. The van der Waals surface area contributed by atoms with Gasteiger partial charge in [0, 0.05) is 29.6 Å². The van der Waals surface area contributed by atoms with E-state index in [4.69, 9.17) is 4.74 Å². The molecular formula is C20H24N2O3. The van der Waals surface area contributed by atoms with Crippen molar-refractivity contribution in [2.75, 3.05) is 13.1 Å². The van der Waals surface area contributed by atoms with Crippen LogP contribution in [0.2, 0.25) is 0 Å². The summed E-state index contributed by atoms with van der Waals surface area (Å²) in [4.78, 5) is 18.2. The summed E-state index contributed by atoms with van der Waals surface area (Å²) in [5, 5.41) is 11.4. The third-order valence-corrected chi connectivity index (χ3v) is 4.17. The van der Waals surface area contributed by atoms with Gasteiger partial charge in [0.05, 0.1) is 18.2 Å². The molecule has 3 rings (SSSR count). The first-order valence-corrected chi connectivity index (χ1v) is 8.51. The maximum absolute atomic E-state index is 12.2. The van der Waals surface area contributed by atoms with Crippen molar-refractivity contribution in [3.8, 4) is 0 Å². The molecule has 0 unspecified atom stereocenters. The minimum absolute atomic E-state index is 0.119. The van der Waals surface area contributed by atoms with E-state index < -0.39 is 11.7 Å². The van der Waals surface area contributed by atoms with E-state index in [9.17, 15) is 9.90 Å². The molecule has 132 valence electrons. The highest BCUT2D eigenvalue weighted by molar-refractivity contribution is 5.86. The molecule has 25 heavy (non-hydrogen) atoms. The molecule has 0 bridgehead atoms. The molecule has 1 N–H and O–H groups in total. The number of aliphatic hydroxyl groups excluding tert-OH is 1. The summed E-state index contributed by atoms with van der Waals surface area (Å²) in [5.41, 5.74) is 1.39. The molecule has 1 aromatic carbocycles. The Morgan fingerprint density at radius 2 is 2.04 bits per heavy atom. The molecule has 0 aliphatic carbocycles. The zero-order valence-corrected chi connectivity index (χ0v) is 14.8. The highest BCUT2D eigenvalue weighted by Crippen LogP contribution is 2.23. The highest BCUT2D eigenvalue weighted by Gasteiger charge is 2.34. The zero-order chi connectivity index (χ0) is 18.0. The quantitative estimate of drug-likeness (QED) is 0.909. The third kappa shape index (κ3) is 4.17. The minimum atomic E-state index is -0.591. The lowest BCUT2D eigenvalue weighted by molar-refractivity contribution is 0.0270.